The molecule has 0 spiro atoms. The third-order valence-electron chi connectivity index (χ3n) is 5.86. The molecule has 4 bridgehead atoms. The Hall–Kier alpha value is -1.38. The summed E-state index contributed by atoms with van der Waals surface area (Å²) in [6.45, 7) is 1.91. The number of anilines is 1. The van der Waals surface area contributed by atoms with Crippen LogP contribution in [0.5, 0.6) is 0 Å². The van der Waals surface area contributed by atoms with E-state index in [1.165, 1.54) is 32.1 Å². The SMILES string of the molecule is Cc1ccc(C(=O)C2C3CC4CC(C3)CC2C4)c(N)n1. The van der Waals surface area contributed by atoms with E-state index in [-0.39, 0.29) is 11.7 Å². The Morgan fingerprint density at radius 3 is 2.25 bits per heavy atom. The maximum atomic E-state index is 12.9. The quantitative estimate of drug-likeness (QED) is 0.839. The number of ketones is 1. The van der Waals surface area contributed by atoms with Gasteiger partial charge in [0.15, 0.2) is 5.78 Å². The number of hydrogen-bond donors (Lipinski definition) is 1. The van der Waals surface area contributed by atoms with Crippen molar-refractivity contribution in [3.63, 3.8) is 0 Å². The maximum Gasteiger partial charge on any atom is 0.170 e. The van der Waals surface area contributed by atoms with Gasteiger partial charge in [-0.3, -0.25) is 4.79 Å². The second-order valence-corrected chi connectivity index (χ2v) is 7.21. The predicted molar refractivity (Wildman–Crippen MR) is 78.3 cm³/mol. The van der Waals surface area contributed by atoms with Crippen LogP contribution < -0.4 is 5.73 Å². The Balaban J connectivity index is 1.65. The van der Waals surface area contributed by atoms with Crippen LogP contribution in [-0.4, -0.2) is 10.8 Å². The van der Waals surface area contributed by atoms with Gasteiger partial charge in [0.05, 0.1) is 5.56 Å². The molecule has 2 N–H and O–H groups in total. The number of carbonyl (C=O) groups is 1. The molecule has 0 amide bonds. The number of nitrogens with zero attached hydrogens (tertiary/aromatic N) is 1. The Labute approximate surface area is 120 Å². The van der Waals surface area contributed by atoms with E-state index in [2.05, 4.69) is 4.98 Å². The third kappa shape index (κ3) is 1.79. The summed E-state index contributed by atoms with van der Waals surface area (Å²) in [7, 11) is 0. The van der Waals surface area contributed by atoms with Crippen LogP contribution in [-0.2, 0) is 0 Å². The summed E-state index contributed by atoms with van der Waals surface area (Å²) in [6.07, 6.45) is 6.48. The largest absolute Gasteiger partial charge is 0.383 e. The van der Waals surface area contributed by atoms with E-state index in [1.54, 1.807) is 0 Å². The molecule has 5 rings (SSSR count). The molecule has 0 atom stereocenters. The van der Waals surface area contributed by atoms with E-state index >= 15 is 0 Å². The lowest BCUT2D eigenvalue weighted by Gasteiger charge is -2.53. The van der Waals surface area contributed by atoms with Gasteiger partial charge in [0.2, 0.25) is 0 Å². The summed E-state index contributed by atoms with van der Waals surface area (Å²) >= 11 is 0. The number of hydrogen-bond acceptors (Lipinski definition) is 3. The van der Waals surface area contributed by atoms with Gasteiger partial charge in [0.1, 0.15) is 5.82 Å². The lowest BCUT2D eigenvalue weighted by Crippen LogP contribution is -2.48. The smallest absolute Gasteiger partial charge is 0.170 e. The summed E-state index contributed by atoms with van der Waals surface area (Å²) < 4.78 is 0. The lowest BCUT2D eigenvalue weighted by molar-refractivity contribution is -0.0250. The van der Waals surface area contributed by atoms with Gasteiger partial charge >= 0.3 is 0 Å². The van der Waals surface area contributed by atoms with Gasteiger partial charge in [0, 0.05) is 11.6 Å². The highest BCUT2D eigenvalue weighted by Gasteiger charge is 2.50. The zero-order valence-electron chi connectivity index (χ0n) is 12.0. The van der Waals surface area contributed by atoms with Crippen LogP contribution in [0.25, 0.3) is 0 Å². The van der Waals surface area contributed by atoms with Crippen molar-refractivity contribution in [2.75, 3.05) is 5.73 Å². The predicted octanol–water partition coefficient (Wildman–Crippen LogP) is 3.23. The Morgan fingerprint density at radius 2 is 1.70 bits per heavy atom. The summed E-state index contributed by atoms with van der Waals surface area (Å²) in [4.78, 5) is 17.2. The second kappa shape index (κ2) is 4.31. The van der Waals surface area contributed by atoms with Crippen LogP contribution >= 0.6 is 0 Å². The van der Waals surface area contributed by atoms with Gasteiger partial charge in [-0.25, -0.2) is 4.98 Å². The molecular formula is C17H22N2O. The summed E-state index contributed by atoms with van der Waals surface area (Å²) in [5, 5.41) is 0. The minimum Gasteiger partial charge on any atom is -0.383 e. The van der Waals surface area contributed by atoms with Crippen LogP contribution in [0.4, 0.5) is 5.82 Å². The molecule has 4 saturated carbocycles. The van der Waals surface area contributed by atoms with E-state index in [9.17, 15) is 4.79 Å². The van der Waals surface area contributed by atoms with E-state index < -0.39 is 0 Å². The summed E-state index contributed by atoms with van der Waals surface area (Å²) in [5.41, 5.74) is 7.52. The van der Waals surface area contributed by atoms with Crippen molar-refractivity contribution >= 4 is 11.6 Å². The number of Topliss-reactive ketones (excluding diaryl/α,β-unsaturated/α-hetero) is 1. The normalized spacial score (nSPS) is 38.1. The highest BCUT2D eigenvalue weighted by molar-refractivity contribution is 6.02. The van der Waals surface area contributed by atoms with Crippen LogP contribution in [0.15, 0.2) is 12.1 Å². The van der Waals surface area contributed by atoms with Crippen LogP contribution in [0.3, 0.4) is 0 Å². The minimum atomic E-state index is 0.217. The molecule has 3 heteroatoms. The number of pyridine rings is 1. The first kappa shape index (κ1) is 12.4. The van der Waals surface area contributed by atoms with Crippen LogP contribution in [0, 0.1) is 36.5 Å². The summed E-state index contributed by atoms with van der Waals surface area (Å²) in [5.74, 6) is 3.92. The number of carbonyl (C=O) groups excluding carboxylic acids is 1. The molecule has 0 aromatic carbocycles. The lowest BCUT2D eigenvalue weighted by atomic mass is 9.51. The Kier molecular flexibility index (Phi) is 2.66. The first-order chi connectivity index (χ1) is 9.61. The van der Waals surface area contributed by atoms with Gasteiger partial charge in [-0.1, -0.05) is 0 Å². The van der Waals surface area contributed by atoms with Crippen molar-refractivity contribution in [1.29, 1.82) is 0 Å². The van der Waals surface area contributed by atoms with Crippen molar-refractivity contribution in [3.8, 4) is 0 Å². The number of nitrogens with two attached hydrogens (primary N) is 1. The van der Waals surface area contributed by atoms with Gasteiger partial charge in [0.25, 0.3) is 0 Å². The zero-order valence-corrected chi connectivity index (χ0v) is 12.0. The average molecular weight is 270 g/mol. The molecule has 0 saturated heterocycles. The minimum absolute atomic E-state index is 0.217. The second-order valence-electron chi connectivity index (χ2n) is 7.21. The molecule has 0 unspecified atom stereocenters. The molecule has 4 fully saturated rings. The Bertz CT molecular complexity index is 538. The van der Waals surface area contributed by atoms with Crippen molar-refractivity contribution < 1.29 is 4.79 Å². The highest BCUT2D eigenvalue weighted by Crippen LogP contribution is 2.57. The third-order valence-corrected chi connectivity index (χ3v) is 5.86. The van der Waals surface area contributed by atoms with E-state index in [0.717, 1.165) is 17.5 Å². The monoisotopic (exact) mass is 270 g/mol. The molecule has 106 valence electrons. The van der Waals surface area contributed by atoms with E-state index in [4.69, 9.17) is 5.73 Å². The molecule has 4 aliphatic rings. The van der Waals surface area contributed by atoms with Crippen LogP contribution in [0.2, 0.25) is 0 Å². The fourth-order valence-electron chi connectivity index (χ4n) is 5.32. The Morgan fingerprint density at radius 1 is 1.10 bits per heavy atom. The zero-order chi connectivity index (χ0) is 13.9. The molecule has 0 aliphatic heterocycles. The van der Waals surface area contributed by atoms with Crippen molar-refractivity contribution in [2.24, 2.45) is 29.6 Å². The molecule has 1 heterocycles. The fourth-order valence-corrected chi connectivity index (χ4v) is 5.32. The summed E-state index contributed by atoms with van der Waals surface area (Å²) in [6, 6.07) is 3.78. The molecule has 20 heavy (non-hydrogen) atoms. The average Bonchev–Trinajstić information content (AvgIpc) is 2.37. The molecule has 3 nitrogen and oxygen atoms in total. The number of aromatic nitrogens is 1. The molecular weight excluding hydrogens is 248 g/mol. The van der Waals surface area contributed by atoms with Gasteiger partial charge in [-0.05, 0) is 74.8 Å². The highest BCUT2D eigenvalue weighted by atomic mass is 16.1. The molecule has 0 radical (unpaired) electrons. The number of nitrogen functional groups attached to an aromatic ring is 1. The van der Waals surface area contributed by atoms with Gasteiger partial charge in [-0.2, -0.15) is 0 Å². The van der Waals surface area contributed by atoms with E-state index in [0.29, 0.717) is 23.2 Å². The van der Waals surface area contributed by atoms with Gasteiger partial charge < -0.3 is 5.73 Å². The van der Waals surface area contributed by atoms with Crippen LogP contribution in [0.1, 0.15) is 48.2 Å². The molecule has 4 aliphatic carbocycles. The number of aryl methyl sites for hydroxylation is 1. The van der Waals surface area contributed by atoms with E-state index in [1.807, 2.05) is 19.1 Å². The first-order valence-electron chi connectivity index (χ1n) is 7.89. The topological polar surface area (TPSA) is 56.0 Å². The van der Waals surface area contributed by atoms with Crippen molar-refractivity contribution in [2.45, 2.75) is 39.0 Å². The fraction of sp³-hybridized carbons (Fsp3) is 0.647. The first-order valence-corrected chi connectivity index (χ1v) is 7.89. The molecule has 1 aromatic heterocycles. The van der Waals surface area contributed by atoms with Gasteiger partial charge in [-0.15, -0.1) is 0 Å². The van der Waals surface area contributed by atoms with Crippen molar-refractivity contribution in [1.82, 2.24) is 4.98 Å². The molecule has 1 aromatic rings. The maximum absolute atomic E-state index is 12.9. The standard InChI is InChI=1S/C17H22N2O/c1-9-2-3-14(17(18)19-9)16(20)15-12-5-10-4-11(7-12)8-13(15)6-10/h2-3,10-13,15H,4-8H2,1H3,(H2,18,19). The van der Waals surface area contributed by atoms with Crippen molar-refractivity contribution in [3.05, 3.63) is 23.4 Å². The number of rotatable bonds is 2.